The van der Waals surface area contributed by atoms with Gasteiger partial charge in [-0.05, 0) is 57.6 Å². The lowest BCUT2D eigenvalue weighted by atomic mass is 9.88. The fourth-order valence-corrected chi connectivity index (χ4v) is 4.96. The number of nitro groups is 1. The summed E-state index contributed by atoms with van der Waals surface area (Å²) in [6.07, 6.45) is 2.32. The standard InChI is InChI=1S/C21H24N2O5S/c1-11(2)28-21(25)18-15-9-8-12(3)10-17(15)29-20(18)22-19(24)14-6-5-7-16(13(14)4)23(26)27/h5-7,11-12H,8-10H2,1-4H3,(H,22,24)/t12-/m0/s1. The zero-order valence-electron chi connectivity index (χ0n) is 16.9. The smallest absolute Gasteiger partial charge is 0.341 e. The zero-order valence-corrected chi connectivity index (χ0v) is 17.7. The van der Waals surface area contributed by atoms with Gasteiger partial charge in [0.15, 0.2) is 0 Å². The van der Waals surface area contributed by atoms with E-state index in [-0.39, 0.29) is 22.9 Å². The second-order valence-corrected chi connectivity index (χ2v) is 8.78. The molecule has 0 fully saturated rings. The SMILES string of the molecule is Cc1c(C(=O)Nc2sc3c(c2C(=O)OC(C)C)CC[C@H](C)C3)cccc1[N+](=O)[O-]. The highest BCUT2D eigenvalue weighted by Gasteiger charge is 2.30. The first-order valence-corrected chi connectivity index (χ1v) is 10.4. The van der Waals surface area contributed by atoms with Gasteiger partial charge in [-0.2, -0.15) is 0 Å². The van der Waals surface area contributed by atoms with Gasteiger partial charge in [0.1, 0.15) is 5.00 Å². The molecule has 1 aliphatic carbocycles. The van der Waals surface area contributed by atoms with Crippen LogP contribution in [0.3, 0.4) is 0 Å². The molecule has 3 rings (SSSR count). The van der Waals surface area contributed by atoms with Crippen LogP contribution in [0.25, 0.3) is 0 Å². The van der Waals surface area contributed by atoms with E-state index < -0.39 is 16.8 Å². The van der Waals surface area contributed by atoms with Crippen LogP contribution in [0.2, 0.25) is 0 Å². The van der Waals surface area contributed by atoms with Crippen LogP contribution in [0.1, 0.15) is 63.9 Å². The van der Waals surface area contributed by atoms with E-state index in [4.69, 9.17) is 4.74 Å². The first kappa shape index (κ1) is 21.0. The Morgan fingerprint density at radius 3 is 2.72 bits per heavy atom. The molecule has 0 spiro atoms. The minimum atomic E-state index is -0.511. The molecule has 1 aromatic heterocycles. The molecule has 7 nitrogen and oxygen atoms in total. The Hall–Kier alpha value is -2.74. The summed E-state index contributed by atoms with van der Waals surface area (Å²) in [6, 6.07) is 4.39. The van der Waals surface area contributed by atoms with Crippen molar-refractivity contribution in [1.29, 1.82) is 0 Å². The lowest BCUT2D eigenvalue weighted by Gasteiger charge is -2.19. The van der Waals surface area contributed by atoms with Crippen molar-refractivity contribution in [2.24, 2.45) is 5.92 Å². The summed E-state index contributed by atoms with van der Waals surface area (Å²) in [7, 11) is 0. The number of carbonyl (C=O) groups is 2. The summed E-state index contributed by atoms with van der Waals surface area (Å²) < 4.78 is 5.42. The number of nitro benzene ring substituents is 1. The number of thiophene rings is 1. The maximum atomic E-state index is 12.9. The molecule has 0 saturated heterocycles. The highest BCUT2D eigenvalue weighted by atomic mass is 32.1. The largest absolute Gasteiger partial charge is 0.459 e. The summed E-state index contributed by atoms with van der Waals surface area (Å²) in [4.78, 5) is 37.4. The Labute approximate surface area is 173 Å². The van der Waals surface area contributed by atoms with Crippen molar-refractivity contribution >= 4 is 33.9 Å². The number of hydrogen-bond donors (Lipinski definition) is 1. The van der Waals surface area contributed by atoms with Crippen molar-refractivity contribution in [3.05, 3.63) is 55.4 Å². The number of fused-ring (bicyclic) bond motifs is 1. The van der Waals surface area contributed by atoms with Crippen LogP contribution in [-0.4, -0.2) is 22.9 Å². The molecule has 1 heterocycles. The van der Waals surface area contributed by atoms with Crippen LogP contribution < -0.4 is 5.32 Å². The van der Waals surface area contributed by atoms with E-state index in [0.29, 0.717) is 16.5 Å². The van der Waals surface area contributed by atoms with Gasteiger partial charge in [0.25, 0.3) is 11.6 Å². The van der Waals surface area contributed by atoms with Gasteiger partial charge >= 0.3 is 5.97 Å². The highest BCUT2D eigenvalue weighted by Crippen LogP contribution is 2.40. The number of anilines is 1. The lowest BCUT2D eigenvalue weighted by Crippen LogP contribution is -2.19. The molecule has 1 N–H and O–H groups in total. The van der Waals surface area contributed by atoms with E-state index in [1.807, 2.05) is 0 Å². The lowest BCUT2D eigenvalue weighted by molar-refractivity contribution is -0.385. The number of nitrogens with one attached hydrogen (secondary N) is 1. The van der Waals surface area contributed by atoms with Crippen molar-refractivity contribution in [2.45, 2.75) is 53.1 Å². The van der Waals surface area contributed by atoms with Crippen molar-refractivity contribution in [1.82, 2.24) is 0 Å². The predicted molar refractivity (Wildman–Crippen MR) is 112 cm³/mol. The van der Waals surface area contributed by atoms with Crippen LogP contribution >= 0.6 is 11.3 Å². The normalized spacial score (nSPS) is 15.7. The van der Waals surface area contributed by atoms with Crippen LogP contribution in [0.5, 0.6) is 0 Å². The first-order chi connectivity index (χ1) is 13.7. The third-order valence-corrected chi connectivity index (χ3v) is 6.20. The van der Waals surface area contributed by atoms with Crippen molar-refractivity contribution in [3.8, 4) is 0 Å². The molecule has 0 saturated carbocycles. The topological polar surface area (TPSA) is 98.5 Å². The number of hydrogen-bond acceptors (Lipinski definition) is 6. The van der Waals surface area contributed by atoms with Crippen molar-refractivity contribution in [2.75, 3.05) is 5.32 Å². The monoisotopic (exact) mass is 416 g/mol. The molecule has 29 heavy (non-hydrogen) atoms. The summed E-state index contributed by atoms with van der Waals surface area (Å²) in [6.45, 7) is 7.27. The molecule has 154 valence electrons. The van der Waals surface area contributed by atoms with E-state index in [2.05, 4.69) is 12.2 Å². The maximum absolute atomic E-state index is 12.9. The molecule has 0 bridgehead atoms. The molecular weight excluding hydrogens is 392 g/mol. The fraction of sp³-hybridized carbons (Fsp3) is 0.429. The van der Waals surface area contributed by atoms with E-state index in [0.717, 1.165) is 29.7 Å². The van der Waals surface area contributed by atoms with Crippen LogP contribution in [0, 0.1) is 23.0 Å². The average molecular weight is 416 g/mol. The van der Waals surface area contributed by atoms with Gasteiger partial charge in [0.2, 0.25) is 0 Å². The number of esters is 1. The highest BCUT2D eigenvalue weighted by molar-refractivity contribution is 7.17. The molecule has 1 aromatic carbocycles. The molecule has 2 aromatic rings. The fourth-order valence-electron chi connectivity index (χ4n) is 3.57. The maximum Gasteiger partial charge on any atom is 0.341 e. The summed E-state index contributed by atoms with van der Waals surface area (Å²) in [5, 5.41) is 14.4. The molecule has 0 unspecified atom stereocenters. The Morgan fingerprint density at radius 2 is 2.07 bits per heavy atom. The van der Waals surface area contributed by atoms with Crippen LogP contribution in [0.15, 0.2) is 18.2 Å². The number of carbonyl (C=O) groups excluding carboxylic acids is 2. The number of amides is 1. The molecule has 0 radical (unpaired) electrons. The minimum absolute atomic E-state index is 0.114. The van der Waals surface area contributed by atoms with Crippen LogP contribution in [-0.2, 0) is 17.6 Å². The van der Waals surface area contributed by atoms with E-state index in [1.165, 1.54) is 23.5 Å². The van der Waals surface area contributed by atoms with Gasteiger partial charge in [-0.15, -0.1) is 11.3 Å². The van der Waals surface area contributed by atoms with Gasteiger partial charge < -0.3 is 10.1 Å². The average Bonchev–Trinajstić information content (AvgIpc) is 2.97. The van der Waals surface area contributed by atoms with Crippen molar-refractivity contribution < 1.29 is 19.2 Å². The Balaban J connectivity index is 1.99. The van der Waals surface area contributed by atoms with Crippen LogP contribution in [0.4, 0.5) is 10.7 Å². The van der Waals surface area contributed by atoms with Gasteiger partial charge in [0.05, 0.1) is 16.6 Å². The van der Waals surface area contributed by atoms with Gasteiger partial charge in [-0.1, -0.05) is 13.0 Å². The number of nitrogens with zero attached hydrogens (tertiary/aromatic N) is 1. The first-order valence-electron chi connectivity index (χ1n) is 9.59. The Kier molecular flexibility index (Phi) is 6.02. The molecule has 0 aliphatic heterocycles. The quantitative estimate of drug-likeness (QED) is 0.424. The van der Waals surface area contributed by atoms with E-state index in [1.54, 1.807) is 26.8 Å². The third kappa shape index (κ3) is 4.32. The van der Waals surface area contributed by atoms with Gasteiger partial charge in [-0.25, -0.2) is 4.79 Å². The summed E-state index contributed by atoms with van der Waals surface area (Å²) in [5.41, 5.74) is 1.75. The zero-order chi connectivity index (χ0) is 21.3. The number of ether oxygens (including phenoxy) is 1. The second kappa shape index (κ2) is 8.32. The number of benzene rings is 1. The second-order valence-electron chi connectivity index (χ2n) is 7.67. The predicted octanol–water partition coefficient (Wildman–Crippen LogP) is 4.91. The van der Waals surface area contributed by atoms with Crippen molar-refractivity contribution in [3.63, 3.8) is 0 Å². The summed E-state index contributed by atoms with van der Waals surface area (Å²) >= 11 is 1.39. The van der Waals surface area contributed by atoms with Gasteiger partial charge in [-0.3, -0.25) is 14.9 Å². The molecule has 1 aliphatic rings. The molecule has 1 atom stereocenters. The van der Waals surface area contributed by atoms with E-state index in [9.17, 15) is 19.7 Å². The Bertz CT molecular complexity index is 980. The Morgan fingerprint density at radius 1 is 1.34 bits per heavy atom. The van der Waals surface area contributed by atoms with Gasteiger partial charge in [0, 0.05) is 22.1 Å². The number of rotatable bonds is 5. The molecule has 8 heteroatoms. The molecule has 1 amide bonds. The molecular formula is C21H24N2O5S. The van der Waals surface area contributed by atoms with E-state index >= 15 is 0 Å². The summed E-state index contributed by atoms with van der Waals surface area (Å²) in [5.74, 6) is -0.410. The minimum Gasteiger partial charge on any atom is -0.459 e. The third-order valence-electron chi connectivity index (χ3n) is 5.03.